The third-order valence-electron chi connectivity index (χ3n) is 3.88. The molecule has 0 aromatic heterocycles. The van der Waals surface area contributed by atoms with Crippen LogP contribution in [-0.4, -0.2) is 20.0 Å². The Balaban J connectivity index is 2.62. The molecule has 0 aliphatic carbocycles. The van der Waals surface area contributed by atoms with Crippen LogP contribution in [0.4, 0.5) is 0 Å². The SMILES string of the molecule is CC(C)(C)CC(C)(C)[B]C(C)(C)CC(C)(C)C1CO1. The van der Waals surface area contributed by atoms with E-state index in [-0.39, 0.29) is 16.0 Å². The van der Waals surface area contributed by atoms with Crippen molar-refractivity contribution in [2.45, 2.75) is 91.9 Å². The summed E-state index contributed by atoms with van der Waals surface area (Å²) in [4.78, 5) is 0. The van der Waals surface area contributed by atoms with Gasteiger partial charge >= 0.3 is 0 Å². The topological polar surface area (TPSA) is 12.5 Å². The molecule has 0 spiro atoms. The lowest BCUT2D eigenvalue weighted by Crippen LogP contribution is -2.33. The van der Waals surface area contributed by atoms with Crippen LogP contribution in [0.5, 0.6) is 0 Å². The summed E-state index contributed by atoms with van der Waals surface area (Å²) in [7, 11) is 2.58. The largest absolute Gasteiger partial charge is 0.373 e. The van der Waals surface area contributed by atoms with Crippen molar-refractivity contribution in [2.75, 3.05) is 6.61 Å². The van der Waals surface area contributed by atoms with Gasteiger partial charge < -0.3 is 4.74 Å². The van der Waals surface area contributed by atoms with Gasteiger partial charge in [-0.2, -0.15) is 0 Å². The Hall–Kier alpha value is 0.0249. The molecule has 1 radical (unpaired) electrons. The van der Waals surface area contributed by atoms with E-state index in [1.54, 1.807) is 0 Å². The van der Waals surface area contributed by atoms with Gasteiger partial charge in [0.1, 0.15) is 7.28 Å². The summed E-state index contributed by atoms with van der Waals surface area (Å²) in [5.41, 5.74) is 0.670. The molecule has 111 valence electrons. The summed E-state index contributed by atoms with van der Waals surface area (Å²) in [6.45, 7) is 22.1. The highest BCUT2D eigenvalue weighted by atomic mass is 16.6. The Morgan fingerprint density at radius 2 is 1.26 bits per heavy atom. The molecule has 1 heterocycles. The lowest BCUT2D eigenvalue weighted by molar-refractivity contribution is 0.205. The highest BCUT2D eigenvalue weighted by Gasteiger charge is 2.44. The maximum Gasteiger partial charge on any atom is 0.124 e. The number of hydrogen-bond acceptors (Lipinski definition) is 1. The average Bonchev–Trinajstić information content (AvgIpc) is 2.71. The summed E-state index contributed by atoms with van der Waals surface area (Å²) in [6, 6.07) is 0. The van der Waals surface area contributed by atoms with E-state index in [0.717, 1.165) is 6.61 Å². The molecule has 0 N–H and O–H groups in total. The van der Waals surface area contributed by atoms with Crippen molar-refractivity contribution >= 4 is 7.28 Å². The van der Waals surface area contributed by atoms with Crippen molar-refractivity contribution < 1.29 is 4.74 Å². The van der Waals surface area contributed by atoms with Gasteiger partial charge in [0.05, 0.1) is 12.7 Å². The second-order valence-electron chi connectivity index (χ2n) is 9.85. The van der Waals surface area contributed by atoms with Gasteiger partial charge in [-0.05, 0) is 17.3 Å². The second-order valence-corrected chi connectivity index (χ2v) is 9.85. The van der Waals surface area contributed by atoms with Crippen LogP contribution in [0.15, 0.2) is 0 Å². The lowest BCUT2D eigenvalue weighted by atomic mass is 9.37. The fourth-order valence-electron chi connectivity index (χ4n) is 4.31. The van der Waals surface area contributed by atoms with Gasteiger partial charge in [0.25, 0.3) is 0 Å². The number of rotatable bonds is 6. The Bertz CT molecular complexity index is 306. The molecule has 0 aromatic carbocycles. The van der Waals surface area contributed by atoms with Crippen LogP contribution in [0, 0.1) is 10.8 Å². The fraction of sp³-hybridized carbons (Fsp3) is 1.00. The molecular weight excluding hydrogens is 231 g/mol. The van der Waals surface area contributed by atoms with Crippen molar-refractivity contribution in [3.8, 4) is 0 Å². The summed E-state index contributed by atoms with van der Waals surface area (Å²) in [6.07, 6.45) is 2.90. The molecule has 0 aromatic rings. The zero-order valence-electron chi connectivity index (χ0n) is 14.7. The van der Waals surface area contributed by atoms with Crippen LogP contribution in [0.1, 0.15) is 75.2 Å². The molecule has 1 fully saturated rings. The van der Waals surface area contributed by atoms with Crippen LogP contribution >= 0.6 is 0 Å². The van der Waals surface area contributed by atoms with Gasteiger partial charge in [-0.25, -0.2) is 0 Å². The third-order valence-corrected chi connectivity index (χ3v) is 3.88. The van der Waals surface area contributed by atoms with Crippen molar-refractivity contribution in [1.29, 1.82) is 0 Å². The molecule has 1 saturated heterocycles. The van der Waals surface area contributed by atoms with E-state index in [4.69, 9.17) is 4.74 Å². The normalized spacial score (nSPS) is 21.4. The number of epoxide rings is 1. The Morgan fingerprint density at radius 3 is 1.63 bits per heavy atom. The Labute approximate surface area is 122 Å². The molecular formula is C17H34BO. The molecule has 19 heavy (non-hydrogen) atoms. The summed E-state index contributed by atoms with van der Waals surface area (Å²) in [5, 5.41) is 0.534. The first-order chi connectivity index (χ1) is 8.23. The maximum atomic E-state index is 5.52. The summed E-state index contributed by atoms with van der Waals surface area (Å²) >= 11 is 0. The first-order valence-corrected chi connectivity index (χ1v) is 7.71. The summed E-state index contributed by atoms with van der Waals surface area (Å²) in [5.74, 6) is 0. The first kappa shape index (κ1) is 17.1. The number of hydrogen-bond donors (Lipinski definition) is 0. The molecule has 0 bridgehead atoms. The third kappa shape index (κ3) is 6.34. The molecule has 1 aliphatic heterocycles. The maximum absolute atomic E-state index is 5.52. The molecule has 1 atom stereocenters. The monoisotopic (exact) mass is 265 g/mol. The highest BCUT2D eigenvalue weighted by Crippen LogP contribution is 2.50. The smallest absolute Gasteiger partial charge is 0.124 e. The molecule has 0 amide bonds. The van der Waals surface area contributed by atoms with E-state index < -0.39 is 0 Å². The standard InChI is InChI=1S/C17H34BO/c1-14(2,3)11-16(6,7)18-17(8,9)12-15(4,5)13-10-19-13/h13H,10-12H2,1-9H3. The van der Waals surface area contributed by atoms with Crippen LogP contribution < -0.4 is 0 Å². The quantitative estimate of drug-likeness (QED) is 0.466. The van der Waals surface area contributed by atoms with Gasteiger partial charge in [-0.15, -0.1) is 0 Å². The molecule has 2 heteroatoms. The van der Waals surface area contributed by atoms with Gasteiger partial charge in [0.15, 0.2) is 0 Å². The Kier molecular flexibility index (Phi) is 4.58. The van der Waals surface area contributed by atoms with Crippen LogP contribution in [0.25, 0.3) is 0 Å². The molecule has 1 aliphatic rings. The summed E-state index contributed by atoms with van der Waals surface area (Å²) < 4.78 is 5.52. The zero-order valence-corrected chi connectivity index (χ0v) is 14.7. The van der Waals surface area contributed by atoms with E-state index in [0.29, 0.717) is 11.5 Å². The average molecular weight is 265 g/mol. The van der Waals surface area contributed by atoms with E-state index >= 15 is 0 Å². The molecule has 1 unspecified atom stereocenters. The van der Waals surface area contributed by atoms with Gasteiger partial charge in [-0.3, -0.25) is 0 Å². The minimum Gasteiger partial charge on any atom is -0.373 e. The van der Waals surface area contributed by atoms with Crippen molar-refractivity contribution in [2.24, 2.45) is 10.8 Å². The number of ether oxygens (including phenoxy) is 1. The van der Waals surface area contributed by atoms with Crippen LogP contribution in [0.2, 0.25) is 10.6 Å². The van der Waals surface area contributed by atoms with Crippen molar-refractivity contribution in [3.05, 3.63) is 0 Å². The second kappa shape index (κ2) is 5.09. The van der Waals surface area contributed by atoms with Crippen molar-refractivity contribution in [3.63, 3.8) is 0 Å². The minimum absolute atomic E-state index is 0.254. The minimum atomic E-state index is 0.254. The predicted octanol–water partition coefficient (Wildman–Crippen LogP) is 5.34. The zero-order chi connectivity index (χ0) is 15.1. The first-order valence-electron chi connectivity index (χ1n) is 7.71. The van der Waals surface area contributed by atoms with E-state index in [1.165, 1.54) is 12.8 Å². The molecule has 1 rings (SSSR count). The highest BCUT2D eigenvalue weighted by molar-refractivity contribution is 6.43. The van der Waals surface area contributed by atoms with E-state index in [2.05, 4.69) is 69.6 Å². The van der Waals surface area contributed by atoms with E-state index in [9.17, 15) is 0 Å². The molecule has 1 nitrogen and oxygen atoms in total. The Morgan fingerprint density at radius 1 is 0.842 bits per heavy atom. The van der Waals surface area contributed by atoms with Crippen molar-refractivity contribution in [1.82, 2.24) is 0 Å². The van der Waals surface area contributed by atoms with Gasteiger partial charge in [0, 0.05) is 0 Å². The predicted molar refractivity (Wildman–Crippen MR) is 86.0 cm³/mol. The fourth-order valence-corrected chi connectivity index (χ4v) is 4.31. The molecule has 0 saturated carbocycles. The van der Waals surface area contributed by atoms with Crippen LogP contribution in [-0.2, 0) is 4.74 Å². The van der Waals surface area contributed by atoms with Gasteiger partial charge in [0.2, 0.25) is 0 Å². The lowest BCUT2D eigenvalue weighted by Gasteiger charge is -2.41. The van der Waals surface area contributed by atoms with Gasteiger partial charge in [-0.1, -0.05) is 79.4 Å². The van der Waals surface area contributed by atoms with Crippen LogP contribution in [0.3, 0.4) is 0 Å². The van der Waals surface area contributed by atoms with E-state index in [1.807, 2.05) is 0 Å².